The number of methoxy groups -OCH3 is 1. The Morgan fingerprint density at radius 2 is 1.95 bits per heavy atom. The maximum atomic E-state index is 11.6. The lowest BCUT2D eigenvalue weighted by Gasteiger charge is -2.41. The molecule has 0 aromatic heterocycles. The first kappa shape index (κ1) is 15.7. The summed E-state index contributed by atoms with van der Waals surface area (Å²) in [7, 11) is -0.451. The summed E-state index contributed by atoms with van der Waals surface area (Å²) in [6.45, 7) is 11.1. The van der Waals surface area contributed by atoms with Crippen molar-refractivity contribution in [2.24, 2.45) is 5.92 Å². The Bertz CT molecular complexity index is 411. The van der Waals surface area contributed by atoms with Gasteiger partial charge < -0.3 is 13.9 Å². The molecule has 1 saturated heterocycles. The summed E-state index contributed by atoms with van der Waals surface area (Å²) in [6.07, 6.45) is 4.73. The summed E-state index contributed by atoms with van der Waals surface area (Å²) in [6, 6.07) is 0. The van der Waals surface area contributed by atoms with Crippen molar-refractivity contribution in [1.29, 1.82) is 0 Å². The van der Waals surface area contributed by atoms with Crippen molar-refractivity contribution in [2.45, 2.75) is 63.6 Å². The summed E-state index contributed by atoms with van der Waals surface area (Å²) in [4.78, 5) is 11.6. The molecule has 20 heavy (non-hydrogen) atoms. The van der Waals surface area contributed by atoms with Crippen LogP contribution in [0.3, 0.4) is 0 Å². The molecule has 0 unspecified atom stereocenters. The molecule has 0 saturated carbocycles. The van der Waals surface area contributed by atoms with E-state index in [1.54, 1.807) is 0 Å². The molecule has 0 spiro atoms. The Morgan fingerprint density at radius 3 is 2.50 bits per heavy atom. The van der Waals surface area contributed by atoms with Crippen molar-refractivity contribution in [1.82, 2.24) is 0 Å². The van der Waals surface area contributed by atoms with Crippen LogP contribution in [0.1, 0.15) is 27.2 Å². The molecule has 0 aromatic carbocycles. The number of carbonyl (C=O) groups is 1. The Labute approximate surface area is 122 Å². The molecule has 1 fully saturated rings. The van der Waals surface area contributed by atoms with Gasteiger partial charge in [0.25, 0.3) is 0 Å². The van der Waals surface area contributed by atoms with Gasteiger partial charge in [-0.05, 0) is 18.1 Å². The maximum absolute atomic E-state index is 11.6. The normalized spacial score (nSPS) is 32.7. The van der Waals surface area contributed by atoms with Gasteiger partial charge in [-0.25, -0.2) is 0 Å². The molecule has 1 heterocycles. The van der Waals surface area contributed by atoms with E-state index < -0.39 is 8.32 Å². The van der Waals surface area contributed by atoms with E-state index in [9.17, 15) is 4.79 Å². The minimum atomic E-state index is -1.88. The van der Waals surface area contributed by atoms with Crippen molar-refractivity contribution in [3.05, 3.63) is 12.2 Å². The summed E-state index contributed by atoms with van der Waals surface area (Å²) in [5.41, 5.74) is 0. The molecule has 0 radical (unpaired) electrons. The third-order valence-corrected chi connectivity index (χ3v) is 9.20. The van der Waals surface area contributed by atoms with Gasteiger partial charge in [-0.3, -0.25) is 4.79 Å². The second kappa shape index (κ2) is 5.28. The second-order valence-corrected chi connectivity index (χ2v) is 12.0. The fourth-order valence-corrected chi connectivity index (χ4v) is 3.64. The van der Waals surface area contributed by atoms with E-state index in [4.69, 9.17) is 13.9 Å². The van der Waals surface area contributed by atoms with Crippen LogP contribution in [0.2, 0.25) is 18.1 Å². The van der Waals surface area contributed by atoms with E-state index in [1.807, 2.05) is 6.08 Å². The van der Waals surface area contributed by atoms with Gasteiger partial charge in [0.15, 0.2) is 8.32 Å². The van der Waals surface area contributed by atoms with Gasteiger partial charge >= 0.3 is 5.97 Å². The predicted octanol–water partition coefficient (Wildman–Crippen LogP) is 2.89. The number of carbonyl (C=O) groups excluding carboxylic acids is 1. The summed E-state index contributed by atoms with van der Waals surface area (Å²) in [5, 5.41) is 0.147. The van der Waals surface area contributed by atoms with Crippen LogP contribution in [0.25, 0.3) is 0 Å². The molecular formula is C15H26O4Si. The SMILES string of the molecule is COC(=O)C[C@@H]1C=C[C@H]2O[C@H]2[C@H]1O[Si](C)(C)C(C)(C)C. The van der Waals surface area contributed by atoms with Gasteiger partial charge in [0.05, 0.1) is 19.6 Å². The van der Waals surface area contributed by atoms with Gasteiger partial charge in [-0.15, -0.1) is 0 Å². The van der Waals surface area contributed by atoms with Gasteiger partial charge in [0, 0.05) is 5.92 Å². The number of hydrogen-bond acceptors (Lipinski definition) is 4. The largest absolute Gasteiger partial charge is 0.469 e. The van der Waals surface area contributed by atoms with Gasteiger partial charge in [0.1, 0.15) is 12.2 Å². The van der Waals surface area contributed by atoms with Gasteiger partial charge in [-0.2, -0.15) is 0 Å². The first-order valence-corrected chi connectivity index (χ1v) is 10.1. The molecule has 2 rings (SSSR count). The van der Waals surface area contributed by atoms with Crippen LogP contribution in [-0.2, 0) is 18.7 Å². The average molecular weight is 298 g/mol. The quantitative estimate of drug-likeness (QED) is 0.346. The third-order valence-electron chi connectivity index (χ3n) is 4.72. The summed E-state index contributed by atoms with van der Waals surface area (Å²) < 4.78 is 17.0. The molecule has 114 valence electrons. The number of fused-ring (bicyclic) bond motifs is 1. The lowest BCUT2D eigenvalue weighted by atomic mass is 9.90. The van der Waals surface area contributed by atoms with Crippen LogP contribution in [0, 0.1) is 5.92 Å². The van der Waals surface area contributed by atoms with Crippen LogP contribution in [0.5, 0.6) is 0 Å². The highest BCUT2D eigenvalue weighted by atomic mass is 28.4. The van der Waals surface area contributed by atoms with Gasteiger partial charge in [0.2, 0.25) is 0 Å². The van der Waals surface area contributed by atoms with E-state index in [0.717, 1.165) is 0 Å². The van der Waals surface area contributed by atoms with Crippen LogP contribution >= 0.6 is 0 Å². The third kappa shape index (κ3) is 3.15. The molecule has 4 atom stereocenters. The van der Waals surface area contributed by atoms with E-state index in [-0.39, 0.29) is 35.2 Å². The smallest absolute Gasteiger partial charge is 0.306 e. The molecule has 1 aliphatic heterocycles. The van der Waals surface area contributed by atoms with E-state index >= 15 is 0 Å². The van der Waals surface area contributed by atoms with Crippen molar-refractivity contribution in [2.75, 3.05) is 7.11 Å². The van der Waals surface area contributed by atoms with E-state index in [1.165, 1.54) is 7.11 Å². The number of esters is 1. The summed E-state index contributed by atoms with van der Waals surface area (Å²) in [5.74, 6) is -0.136. The molecular weight excluding hydrogens is 272 g/mol. The first-order valence-electron chi connectivity index (χ1n) is 7.24. The minimum Gasteiger partial charge on any atom is -0.469 e. The van der Waals surface area contributed by atoms with Crippen LogP contribution in [-0.4, -0.2) is 39.7 Å². The van der Waals surface area contributed by atoms with Crippen molar-refractivity contribution >= 4 is 14.3 Å². The zero-order chi connectivity index (χ0) is 15.1. The zero-order valence-electron chi connectivity index (χ0n) is 13.3. The fraction of sp³-hybridized carbons (Fsp3) is 0.800. The van der Waals surface area contributed by atoms with E-state index in [0.29, 0.717) is 6.42 Å². The molecule has 2 aliphatic rings. The van der Waals surface area contributed by atoms with Crippen LogP contribution in [0.4, 0.5) is 0 Å². The Balaban J connectivity index is 2.11. The monoisotopic (exact) mass is 298 g/mol. The minimum absolute atomic E-state index is 0.0232. The molecule has 5 heteroatoms. The number of hydrogen-bond donors (Lipinski definition) is 0. The Hall–Kier alpha value is -0.653. The van der Waals surface area contributed by atoms with Crippen molar-refractivity contribution < 1.29 is 18.7 Å². The van der Waals surface area contributed by atoms with E-state index in [2.05, 4.69) is 39.9 Å². The van der Waals surface area contributed by atoms with Crippen molar-refractivity contribution in [3.8, 4) is 0 Å². The highest BCUT2D eigenvalue weighted by Crippen LogP contribution is 2.44. The number of ether oxygens (including phenoxy) is 2. The standard InChI is InChI=1S/C15H26O4Si/c1-15(2,3)20(5,6)19-13-10(9-12(16)17-4)7-8-11-14(13)18-11/h7-8,10-11,13-14H,9H2,1-6H3/t10-,11+,13-,14+/m0/s1. The highest BCUT2D eigenvalue weighted by molar-refractivity contribution is 6.74. The first-order chi connectivity index (χ1) is 9.15. The Morgan fingerprint density at radius 1 is 1.30 bits per heavy atom. The van der Waals surface area contributed by atoms with Crippen LogP contribution < -0.4 is 0 Å². The van der Waals surface area contributed by atoms with Gasteiger partial charge in [-0.1, -0.05) is 32.9 Å². The zero-order valence-corrected chi connectivity index (χ0v) is 14.3. The Kier molecular flexibility index (Phi) is 4.15. The molecule has 1 aliphatic carbocycles. The lowest BCUT2D eigenvalue weighted by molar-refractivity contribution is -0.142. The second-order valence-electron chi connectivity index (χ2n) is 7.24. The van der Waals surface area contributed by atoms with Crippen LogP contribution in [0.15, 0.2) is 12.2 Å². The topological polar surface area (TPSA) is 48.1 Å². The predicted molar refractivity (Wildman–Crippen MR) is 80.0 cm³/mol. The summed E-state index contributed by atoms with van der Waals surface area (Å²) >= 11 is 0. The molecule has 0 amide bonds. The molecule has 0 bridgehead atoms. The fourth-order valence-electron chi connectivity index (χ4n) is 2.29. The average Bonchev–Trinajstić information content (AvgIpc) is 3.09. The molecule has 0 aromatic rings. The number of rotatable bonds is 4. The number of epoxide rings is 1. The highest BCUT2D eigenvalue weighted by Gasteiger charge is 2.53. The lowest BCUT2D eigenvalue weighted by Crippen LogP contribution is -2.48. The molecule has 0 N–H and O–H groups in total. The maximum Gasteiger partial charge on any atom is 0.306 e. The molecule has 4 nitrogen and oxygen atoms in total. The van der Waals surface area contributed by atoms with Crippen molar-refractivity contribution in [3.63, 3.8) is 0 Å².